The Morgan fingerprint density at radius 2 is 1.19 bits per heavy atom. The molecule has 0 aliphatic carbocycles. The van der Waals surface area contributed by atoms with Crippen LogP contribution in [0.15, 0.2) is 60.7 Å². The Labute approximate surface area is 217 Å². The number of hydrogen-bond acceptors (Lipinski definition) is 8. The van der Waals surface area contributed by atoms with Crippen molar-refractivity contribution in [3.05, 3.63) is 60.7 Å². The minimum absolute atomic E-state index is 0.00317. The van der Waals surface area contributed by atoms with Crippen LogP contribution < -0.4 is 10.4 Å². The summed E-state index contributed by atoms with van der Waals surface area (Å²) in [5.41, 5.74) is 0. The lowest BCUT2D eigenvalue weighted by Gasteiger charge is -2.43. The molecule has 0 spiro atoms. The molecular formula is C25H38O8S2Si. The Hall–Kier alpha value is -1.60. The van der Waals surface area contributed by atoms with E-state index in [1.165, 1.54) is 0 Å². The van der Waals surface area contributed by atoms with E-state index in [1.54, 1.807) is 0 Å². The van der Waals surface area contributed by atoms with E-state index in [4.69, 9.17) is 17.5 Å². The second-order valence-electron chi connectivity index (χ2n) is 9.76. The average molecular weight is 559 g/mol. The van der Waals surface area contributed by atoms with Gasteiger partial charge in [-0.15, -0.1) is 0 Å². The predicted octanol–water partition coefficient (Wildman–Crippen LogP) is 2.54. The second-order valence-corrected chi connectivity index (χ2v) is 17.3. The maximum Gasteiger partial charge on any atom is 0.264 e. The van der Waals surface area contributed by atoms with Crippen molar-refractivity contribution >= 4 is 38.9 Å². The van der Waals surface area contributed by atoms with Crippen molar-refractivity contribution in [3.63, 3.8) is 0 Å². The normalized spacial score (nSPS) is 14.0. The van der Waals surface area contributed by atoms with Gasteiger partial charge in [0.15, 0.2) is 0 Å². The molecule has 0 N–H and O–H groups in total. The summed E-state index contributed by atoms with van der Waals surface area (Å²) < 4.78 is 67.6. The van der Waals surface area contributed by atoms with Crippen LogP contribution in [0.3, 0.4) is 0 Å². The molecule has 2 rings (SSSR count). The molecule has 0 amide bonds. The largest absolute Gasteiger partial charge is 0.407 e. The quantitative estimate of drug-likeness (QED) is 0.187. The van der Waals surface area contributed by atoms with Crippen LogP contribution in [-0.4, -0.2) is 70.7 Å². The molecular weight excluding hydrogens is 520 g/mol. The van der Waals surface area contributed by atoms with Crippen LogP contribution in [0.25, 0.3) is 0 Å². The van der Waals surface area contributed by atoms with Gasteiger partial charge in [-0.05, 0) is 21.8 Å². The summed E-state index contributed by atoms with van der Waals surface area (Å²) in [7, 11) is -9.91. The summed E-state index contributed by atoms with van der Waals surface area (Å²) >= 11 is 0. The molecule has 0 heterocycles. The molecule has 1 unspecified atom stereocenters. The molecule has 11 heteroatoms. The molecule has 2 aromatic rings. The summed E-state index contributed by atoms with van der Waals surface area (Å²) in [6.07, 6.45) is 2.38. The lowest BCUT2D eigenvalue weighted by molar-refractivity contribution is 0.0513. The van der Waals surface area contributed by atoms with Crippen LogP contribution in [0.5, 0.6) is 0 Å². The Morgan fingerprint density at radius 1 is 0.722 bits per heavy atom. The third-order valence-corrected chi connectivity index (χ3v) is 11.8. The third-order valence-electron chi connectivity index (χ3n) is 5.65. The van der Waals surface area contributed by atoms with E-state index in [1.807, 2.05) is 36.4 Å². The van der Waals surface area contributed by atoms with Gasteiger partial charge in [0.05, 0.1) is 38.9 Å². The van der Waals surface area contributed by atoms with E-state index >= 15 is 0 Å². The molecule has 202 valence electrons. The molecule has 0 radical (unpaired) electrons. The van der Waals surface area contributed by atoms with E-state index in [-0.39, 0.29) is 37.4 Å². The van der Waals surface area contributed by atoms with Gasteiger partial charge in [-0.1, -0.05) is 81.4 Å². The van der Waals surface area contributed by atoms with Crippen molar-refractivity contribution in [1.82, 2.24) is 0 Å². The van der Waals surface area contributed by atoms with Crippen molar-refractivity contribution < 1.29 is 34.4 Å². The molecule has 8 nitrogen and oxygen atoms in total. The standard InChI is InChI=1S/C25H38O8S2Si/c1-25(2,3)36(23-12-8-6-9-13-23,24-14-10-7-11-15-24)33-21-22(16-17-31-34(4,26)27)20-30-18-19-32-35(5,28)29/h6-15,22H,16-21H2,1-5H3. The maximum absolute atomic E-state index is 11.5. The van der Waals surface area contributed by atoms with Gasteiger partial charge in [-0.2, -0.15) is 16.8 Å². The van der Waals surface area contributed by atoms with Crippen molar-refractivity contribution in [3.8, 4) is 0 Å². The Morgan fingerprint density at radius 3 is 1.64 bits per heavy atom. The van der Waals surface area contributed by atoms with Crippen molar-refractivity contribution in [2.75, 3.05) is 45.5 Å². The first-order valence-corrected chi connectivity index (χ1v) is 17.3. The number of rotatable bonds is 15. The highest BCUT2D eigenvalue weighted by Gasteiger charge is 2.50. The molecule has 0 aromatic heterocycles. The monoisotopic (exact) mass is 558 g/mol. The molecule has 0 saturated heterocycles. The predicted molar refractivity (Wildman–Crippen MR) is 144 cm³/mol. The topological polar surface area (TPSA) is 105 Å². The summed E-state index contributed by atoms with van der Waals surface area (Å²) in [5.74, 6) is -0.188. The average Bonchev–Trinajstić information content (AvgIpc) is 2.77. The third kappa shape index (κ3) is 9.69. The highest BCUT2D eigenvalue weighted by atomic mass is 32.2. The van der Waals surface area contributed by atoms with E-state index in [0.717, 1.165) is 22.9 Å². The van der Waals surface area contributed by atoms with Gasteiger partial charge in [0.2, 0.25) is 0 Å². The lowest BCUT2D eigenvalue weighted by atomic mass is 10.1. The second kappa shape index (κ2) is 13.3. The minimum atomic E-state index is -3.58. The summed E-state index contributed by atoms with van der Waals surface area (Å²) in [4.78, 5) is 0. The molecule has 36 heavy (non-hydrogen) atoms. The van der Waals surface area contributed by atoms with Crippen LogP contribution in [0.4, 0.5) is 0 Å². The molecule has 0 bridgehead atoms. The lowest BCUT2D eigenvalue weighted by Crippen LogP contribution is -2.67. The molecule has 2 aromatic carbocycles. The number of ether oxygens (including phenoxy) is 1. The van der Waals surface area contributed by atoms with Gasteiger partial charge in [0.1, 0.15) is 0 Å². The van der Waals surface area contributed by atoms with E-state index < -0.39 is 28.6 Å². The first-order chi connectivity index (χ1) is 16.7. The Kier molecular flexibility index (Phi) is 11.3. The van der Waals surface area contributed by atoms with Gasteiger partial charge in [-0.3, -0.25) is 8.37 Å². The molecule has 0 fully saturated rings. The number of hydrogen-bond donors (Lipinski definition) is 0. The van der Waals surface area contributed by atoms with Gasteiger partial charge in [0.25, 0.3) is 28.6 Å². The van der Waals surface area contributed by atoms with Gasteiger partial charge >= 0.3 is 0 Å². The van der Waals surface area contributed by atoms with E-state index in [2.05, 4.69) is 45.0 Å². The fourth-order valence-corrected chi connectivity index (χ4v) is 9.49. The Balaban J connectivity index is 2.28. The Bertz CT molecular complexity index is 1090. The van der Waals surface area contributed by atoms with Crippen LogP contribution in [0, 0.1) is 5.92 Å². The molecule has 0 aliphatic heterocycles. The van der Waals surface area contributed by atoms with Gasteiger partial charge in [-0.25, -0.2) is 0 Å². The zero-order chi connectivity index (χ0) is 26.9. The smallest absolute Gasteiger partial charge is 0.264 e. The molecule has 0 saturated carbocycles. The zero-order valence-corrected chi connectivity index (χ0v) is 24.3. The SMILES string of the molecule is CC(C)(C)[Si](OCC(CCOS(C)(=O)=O)COCCOS(C)(=O)=O)(c1ccccc1)c1ccccc1. The zero-order valence-electron chi connectivity index (χ0n) is 21.7. The maximum atomic E-state index is 11.5. The molecule has 1 atom stereocenters. The minimum Gasteiger partial charge on any atom is -0.407 e. The highest BCUT2D eigenvalue weighted by molar-refractivity contribution is 7.86. The van der Waals surface area contributed by atoms with Gasteiger partial charge in [0, 0.05) is 12.5 Å². The fourth-order valence-electron chi connectivity index (χ4n) is 4.08. The number of benzene rings is 2. The summed E-state index contributed by atoms with van der Waals surface area (Å²) in [5, 5.41) is 2.06. The van der Waals surface area contributed by atoms with Crippen molar-refractivity contribution in [1.29, 1.82) is 0 Å². The van der Waals surface area contributed by atoms with E-state index in [0.29, 0.717) is 13.0 Å². The van der Waals surface area contributed by atoms with Gasteiger partial charge < -0.3 is 9.16 Å². The first kappa shape index (κ1) is 30.6. The van der Waals surface area contributed by atoms with Crippen LogP contribution >= 0.6 is 0 Å². The highest BCUT2D eigenvalue weighted by Crippen LogP contribution is 2.37. The van der Waals surface area contributed by atoms with Crippen molar-refractivity contribution in [2.45, 2.75) is 32.2 Å². The fraction of sp³-hybridized carbons (Fsp3) is 0.520. The van der Waals surface area contributed by atoms with Crippen LogP contribution in [-0.2, 0) is 37.8 Å². The van der Waals surface area contributed by atoms with Crippen LogP contribution in [0.2, 0.25) is 5.04 Å². The first-order valence-electron chi connectivity index (χ1n) is 11.8. The molecule has 0 aliphatic rings. The summed E-state index contributed by atoms with van der Waals surface area (Å²) in [6.45, 7) is 7.07. The van der Waals surface area contributed by atoms with Crippen molar-refractivity contribution in [2.24, 2.45) is 5.92 Å². The van der Waals surface area contributed by atoms with Crippen LogP contribution in [0.1, 0.15) is 27.2 Å². The van der Waals surface area contributed by atoms with E-state index in [9.17, 15) is 16.8 Å². The summed E-state index contributed by atoms with van der Waals surface area (Å²) in [6, 6.07) is 20.4.